The van der Waals surface area contributed by atoms with E-state index < -0.39 is 0 Å². The van der Waals surface area contributed by atoms with Gasteiger partial charge in [0.2, 0.25) is 0 Å². The molecule has 1 aromatic carbocycles. The smallest absolute Gasteiger partial charge is 0.339 e. The summed E-state index contributed by atoms with van der Waals surface area (Å²) in [6.45, 7) is 6.17. The zero-order valence-electron chi connectivity index (χ0n) is 17.0. The molecule has 27 heavy (non-hydrogen) atoms. The summed E-state index contributed by atoms with van der Waals surface area (Å²) in [6, 6.07) is 4.17. The standard InChI is InChI=1S/C20H25NO4.C2H6/c1-4-25-20(22)14-8-9-17(21-12-14)15-10-16(13-6-5-7-13)19(24-3)18(11-15)23-2;1-2/h8-13,17,21H,4-7H2,1-3H3;1-2H3. The Morgan fingerprint density at radius 1 is 1.19 bits per heavy atom. The Kier molecular flexibility index (Phi) is 7.77. The van der Waals surface area contributed by atoms with E-state index in [4.69, 9.17) is 14.2 Å². The number of nitrogens with one attached hydrogen (secondary N) is 1. The number of rotatable bonds is 6. The third kappa shape index (κ3) is 4.65. The molecule has 0 radical (unpaired) electrons. The van der Waals surface area contributed by atoms with E-state index in [9.17, 15) is 4.79 Å². The molecule has 1 unspecified atom stereocenters. The maximum absolute atomic E-state index is 11.8. The van der Waals surface area contributed by atoms with E-state index in [0.717, 1.165) is 17.1 Å². The van der Waals surface area contributed by atoms with Crippen LogP contribution in [-0.2, 0) is 9.53 Å². The van der Waals surface area contributed by atoms with Crippen LogP contribution in [0, 0.1) is 0 Å². The van der Waals surface area contributed by atoms with E-state index in [1.165, 1.54) is 24.8 Å². The monoisotopic (exact) mass is 373 g/mol. The zero-order valence-corrected chi connectivity index (χ0v) is 17.0. The molecule has 1 heterocycles. The number of carbonyl (C=O) groups is 1. The molecule has 5 heteroatoms. The van der Waals surface area contributed by atoms with Crippen LogP contribution in [-0.4, -0.2) is 26.8 Å². The number of esters is 1. The normalized spacial score (nSPS) is 18.3. The van der Waals surface area contributed by atoms with Crippen LogP contribution in [0.5, 0.6) is 11.5 Å². The van der Waals surface area contributed by atoms with Gasteiger partial charge in [-0.15, -0.1) is 0 Å². The third-order valence-electron chi connectivity index (χ3n) is 4.83. The summed E-state index contributed by atoms with van der Waals surface area (Å²) in [4.78, 5) is 11.8. The first kappa shape index (κ1) is 20.9. The molecule has 5 nitrogen and oxygen atoms in total. The third-order valence-corrected chi connectivity index (χ3v) is 4.83. The molecule has 1 aliphatic heterocycles. The summed E-state index contributed by atoms with van der Waals surface area (Å²) in [5.74, 6) is 1.80. The number of ether oxygens (including phenoxy) is 3. The van der Waals surface area contributed by atoms with Gasteiger partial charge in [-0.1, -0.05) is 26.3 Å². The Balaban J connectivity index is 0.00000126. The highest BCUT2D eigenvalue weighted by Crippen LogP contribution is 2.46. The van der Waals surface area contributed by atoms with Gasteiger partial charge in [-0.3, -0.25) is 0 Å². The van der Waals surface area contributed by atoms with Crippen LogP contribution < -0.4 is 14.8 Å². The van der Waals surface area contributed by atoms with Crippen LogP contribution in [0.25, 0.3) is 0 Å². The van der Waals surface area contributed by atoms with Crippen LogP contribution in [0.3, 0.4) is 0 Å². The molecular weight excluding hydrogens is 342 g/mol. The first-order valence-corrected chi connectivity index (χ1v) is 9.75. The van der Waals surface area contributed by atoms with Crippen molar-refractivity contribution in [1.29, 1.82) is 0 Å². The molecule has 1 N–H and O–H groups in total. The fourth-order valence-electron chi connectivity index (χ4n) is 3.25. The van der Waals surface area contributed by atoms with E-state index in [0.29, 0.717) is 18.1 Å². The minimum absolute atomic E-state index is 0.0168. The second-order valence-corrected chi connectivity index (χ2v) is 6.30. The Labute approximate surface area is 162 Å². The largest absolute Gasteiger partial charge is 0.493 e. The lowest BCUT2D eigenvalue weighted by Gasteiger charge is -2.29. The number of hydrogen-bond acceptors (Lipinski definition) is 5. The van der Waals surface area contributed by atoms with Crippen LogP contribution in [0.15, 0.2) is 36.1 Å². The first-order chi connectivity index (χ1) is 13.2. The molecule has 1 aromatic rings. The van der Waals surface area contributed by atoms with Gasteiger partial charge in [0.25, 0.3) is 0 Å². The molecule has 0 amide bonds. The molecule has 1 aliphatic carbocycles. The highest BCUT2D eigenvalue weighted by molar-refractivity contribution is 5.91. The van der Waals surface area contributed by atoms with Crippen molar-refractivity contribution in [2.24, 2.45) is 0 Å². The van der Waals surface area contributed by atoms with Gasteiger partial charge in [0.1, 0.15) is 0 Å². The van der Waals surface area contributed by atoms with E-state index in [1.54, 1.807) is 33.4 Å². The summed E-state index contributed by atoms with van der Waals surface area (Å²) in [7, 11) is 3.35. The van der Waals surface area contributed by atoms with E-state index in [1.807, 2.05) is 26.0 Å². The van der Waals surface area contributed by atoms with Crippen LogP contribution in [0.1, 0.15) is 63.1 Å². The van der Waals surface area contributed by atoms with Gasteiger partial charge in [0.05, 0.1) is 32.4 Å². The Morgan fingerprint density at radius 3 is 2.41 bits per heavy atom. The Hall–Kier alpha value is -2.43. The number of carbonyl (C=O) groups excluding carboxylic acids is 1. The number of methoxy groups -OCH3 is 2. The van der Waals surface area contributed by atoms with Crippen molar-refractivity contribution in [3.8, 4) is 11.5 Å². The second-order valence-electron chi connectivity index (χ2n) is 6.30. The summed E-state index contributed by atoms with van der Waals surface area (Å²) >= 11 is 0. The predicted octanol–water partition coefficient (Wildman–Crippen LogP) is 4.65. The molecule has 0 aromatic heterocycles. The van der Waals surface area contributed by atoms with Gasteiger partial charge in [-0.2, -0.15) is 0 Å². The molecule has 0 bridgehead atoms. The molecule has 148 valence electrons. The van der Waals surface area contributed by atoms with E-state index in [-0.39, 0.29) is 12.0 Å². The van der Waals surface area contributed by atoms with Gasteiger partial charge in [-0.25, -0.2) is 4.79 Å². The van der Waals surface area contributed by atoms with Gasteiger partial charge in [0, 0.05) is 11.8 Å². The van der Waals surface area contributed by atoms with Gasteiger partial charge in [-0.05, 0) is 49.5 Å². The fraction of sp³-hybridized carbons (Fsp3) is 0.500. The van der Waals surface area contributed by atoms with Crippen LogP contribution >= 0.6 is 0 Å². The van der Waals surface area contributed by atoms with Crippen molar-refractivity contribution in [1.82, 2.24) is 5.32 Å². The van der Waals surface area contributed by atoms with Crippen molar-refractivity contribution in [3.05, 3.63) is 47.2 Å². The van der Waals surface area contributed by atoms with Crippen molar-refractivity contribution in [2.75, 3.05) is 20.8 Å². The molecule has 3 rings (SSSR count). The minimum atomic E-state index is -0.313. The Morgan fingerprint density at radius 2 is 1.93 bits per heavy atom. The lowest BCUT2D eigenvalue weighted by atomic mass is 9.78. The lowest BCUT2D eigenvalue weighted by Crippen LogP contribution is -2.21. The maximum Gasteiger partial charge on any atom is 0.339 e. The van der Waals surface area contributed by atoms with Crippen molar-refractivity contribution >= 4 is 5.97 Å². The number of benzene rings is 1. The lowest BCUT2D eigenvalue weighted by molar-refractivity contribution is -0.138. The van der Waals surface area contributed by atoms with Gasteiger partial charge >= 0.3 is 5.97 Å². The molecule has 1 fully saturated rings. The van der Waals surface area contributed by atoms with Crippen molar-refractivity contribution in [3.63, 3.8) is 0 Å². The maximum atomic E-state index is 11.8. The summed E-state index contributed by atoms with van der Waals surface area (Å²) in [5.41, 5.74) is 2.83. The average molecular weight is 373 g/mol. The average Bonchev–Trinajstić information content (AvgIpc) is 2.68. The second kappa shape index (κ2) is 10.0. The molecule has 0 saturated heterocycles. The molecule has 2 aliphatic rings. The Bertz CT molecular complexity index is 705. The van der Waals surface area contributed by atoms with Crippen LogP contribution in [0.2, 0.25) is 0 Å². The summed E-state index contributed by atoms with van der Waals surface area (Å²) in [6.07, 6.45) is 9.11. The fourth-order valence-corrected chi connectivity index (χ4v) is 3.25. The summed E-state index contributed by atoms with van der Waals surface area (Å²) in [5, 5.41) is 3.27. The number of dihydropyridines is 1. The van der Waals surface area contributed by atoms with Gasteiger partial charge in [0.15, 0.2) is 11.5 Å². The van der Waals surface area contributed by atoms with E-state index in [2.05, 4.69) is 11.4 Å². The minimum Gasteiger partial charge on any atom is -0.493 e. The molecule has 0 spiro atoms. The van der Waals surface area contributed by atoms with Crippen LogP contribution in [0.4, 0.5) is 0 Å². The number of hydrogen-bond donors (Lipinski definition) is 1. The predicted molar refractivity (Wildman–Crippen MR) is 107 cm³/mol. The SMILES string of the molecule is CC.CCOC(=O)C1=CNC(c2cc(OC)c(OC)c(C3CCC3)c2)C=C1. The summed E-state index contributed by atoms with van der Waals surface area (Å²) < 4.78 is 16.2. The highest BCUT2D eigenvalue weighted by Gasteiger charge is 2.27. The first-order valence-electron chi connectivity index (χ1n) is 9.75. The molecule has 1 atom stereocenters. The zero-order chi connectivity index (χ0) is 19.8. The molecule has 1 saturated carbocycles. The molecular formula is C22H31NO4. The van der Waals surface area contributed by atoms with Crippen molar-refractivity contribution in [2.45, 2.75) is 52.0 Å². The quantitative estimate of drug-likeness (QED) is 0.736. The van der Waals surface area contributed by atoms with Crippen molar-refractivity contribution < 1.29 is 19.0 Å². The topological polar surface area (TPSA) is 56.8 Å². The van der Waals surface area contributed by atoms with Gasteiger partial charge < -0.3 is 19.5 Å². The van der Waals surface area contributed by atoms with E-state index >= 15 is 0 Å². The highest BCUT2D eigenvalue weighted by atomic mass is 16.5.